The van der Waals surface area contributed by atoms with E-state index in [0.29, 0.717) is 17.9 Å². The van der Waals surface area contributed by atoms with E-state index in [1.54, 1.807) is 12.1 Å². The summed E-state index contributed by atoms with van der Waals surface area (Å²) in [5.41, 5.74) is 8.88. The number of benzene rings is 1. The molecule has 1 unspecified atom stereocenters. The lowest BCUT2D eigenvalue weighted by molar-refractivity contribution is -0.143. The standard InChI is InChI=1S/C12H15BrN4O3/c1-19-10-4-3-8(13)7-9(10)11(12(18)20-2)15-5-6-16-17-14/h3-4,7,11,15H,5-6H2,1-2H3. The van der Waals surface area contributed by atoms with Gasteiger partial charge >= 0.3 is 5.97 Å². The number of ether oxygens (including phenoxy) is 2. The molecule has 8 heteroatoms. The number of carbonyl (C=O) groups excluding carboxylic acids is 1. The summed E-state index contributed by atoms with van der Waals surface area (Å²) in [6.07, 6.45) is 0. The van der Waals surface area contributed by atoms with E-state index in [-0.39, 0.29) is 6.54 Å². The molecule has 0 aromatic heterocycles. The lowest BCUT2D eigenvalue weighted by Crippen LogP contribution is -2.31. The molecule has 0 saturated carbocycles. The Hall–Kier alpha value is -1.76. The highest BCUT2D eigenvalue weighted by molar-refractivity contribution is 9.10. The van der Waals surface area contributed by atoms with Crippen molar-refractivity contribution in [1.82, 2.24) is 5.32 Å². The molecule has 0 aliphatic rings. The highest BCUT2D eigenvalue weighted by Gasteiger charge is 2.24. The fourth-order valence-corrected chi connectivity index (χ4v) is 2.05. The number of rotatable bonds is 7. The molecule has 1 rings (SSSR count). The average molecular weight is 343 g/mol. The molecule has 1 atom stereocenters. The normalized spacial score (nSPS) is 11.3. The molecular formula is C12H15BrN4O3. The number of hydrogen-bond donors (Lipinski definition) is 1. The number of nitrogens with one attached hydrogen (secondary N) is 1. The summed E-state index contributed by atoms with van der Waals surface area (Å²) in [6, 6.07) is 4.66. The van der Waals surface area contributed by atoms with Crippen LogP contribution in [0.15, 0.2) is 27.8 Å². The van der Waals surface area contributed by atoms with Crippen LogP contribution in [0.2, 0.25) is 0 Å². The summed E-state index contributed by atoms with van der Waals surface area (Å²) < 4.78 is 10.9. The molecule has 0 aliphatic carbocycles. The van der Waals surface area contributed by atoms with Gasteiger partial charge in [0.1, 0.15) is 11.8 Å². The Kier molecular flexibility index (Phi) is 6.86. The van der Waals surface area contributed by atoms with E-state index in [0.717, 1.165) is 4.47 Å². The molecule has 1 N–H and O–H groups in total. The predicted molar refractivity (Wildman–Crippen MR) is 77.5 cm³/mol. The second-order valence-corrected chi connectivity index (χ2v) is 4.67. The molecule has 0 radical (unpaired) electrons. The quantitative estimate of drug-likeness (QED) is 0.271. The molecule has 0 bridgehead atoms. The van der Waals surface area contributed by atoms with Crippen LogP contribution in [0.5, 0.6) is 5.75 Å². The number of halogens is 1. The molecule has 1 aromatic rings. The number of methoxy groups -OCH3 is 2. The van der Waals surface area contributed by atoms with Crippen molar-refractivity contribution >= 4 is 21.9 Å². The number of azide groups is 1. The summed E-state index contributed by atoms with van der Waals surface area (Å²) in [5.74, 6) is 0.127. The second-order valence-electron chi connectivity index (χ2n) is 3.75. The fraction of sp³-hybridized carbons (Fsp3) is 0.417. The van der Waals surface area contributed by atoms with E-state index in [1.165, 1.54) is 14.2 Å². The second kappa shape index (κ2) is 8.42. The summed E-state index contributed by atoms with van der Waals surface area (Å²) in [7, 11) is 2.84. The largest absolute Gasteiger partial charge is 0.496 e. The minimum atomic E-state index is -0.693. The zero-order valence-corrected chi connectivity index (χ0v) is 12.8. The molecule has 7 nitrogen and oxygen atoms in total. The minimum Gasteiger partial charge on any atom is -0.496 e. The van der Waals surface area contributed by atoms with Gasteiger partial charge in [-0.1, -0.05) is 21.0 Å². The van der Waals surface area contributed by atoms with E-state index < -0.39 is 12.0 Å². The van der Waals surface area contributed by atoms with Crippen molar-refractivity contribution in [3.8, 4) is 5.75 Å². The maximum Gasteiger partial charge on any atom is 0.327 e. The zero-order valence-electron chi connectivity index (χ0n) is 11.2. The Morgan fingerprint density at radius 2 is 2.30 bits per heavy atom. The third-order valence-corrected chi connectivity index (χ3v) is 3.06. The van der Waals surface area contributed by atoms with Crippen molar-refractivity contribution in [2.75, 3.05) is 27.3 Å². The molecule has 20 heavy (non-hydrogen) atoms. The van der Waals surface area contributed by atoms with Crippen molar-refractivity contribution < 1.29 is 14.3 Å². The van der Waals surface area contributed by atoms with Crippen LogP contribution in [0, 0.1) is 0 Å². The Balaban J connectivity index is 3.00. The van der Waals surface area contributed by atoms with E-state index >= 15 is 0 Å². The Labute approximate surface area is 125 Å². The van der Waals surface area contributed by atoms with Gasteiger partial charge in [-0.2, -0.15) is 0 Å². The summed E-state index contributed by atoms with van der Waals surface area (Å²) >= 11 is 3.36. The minimum absolute atomic E-state index is 0.236. The van der Waals surface area contributed by atoms with E-state index in [4.69, 9.17) is 15.0 Å². The van der Waals surface area contributed by atoms with Crippen LogP contribution >= 0.6 is 15.9 Å². The van der Waals surface area contributed by atoms with Crippen LogP contribution in [-0.2, 0) is 9.53 Å². The van der Waals surface area contributed by atoms with Gasteiger partial charge in [0, 0.05) is 28.0 Å². The number of hydrogen-bond acceptors (Lipinski definition) is 5. The summed E-state index contributed by atoms with van der Waals surface area (Å²) in [4.78, 5) is 14.6. The smallest absolute Gasteiger partial charge is 0.327 e. The molecule has 108 valence electrons. The van der Waals surface area contributed by atoms with Crippen LogP contribution in [-0.4, -0.2) is 33.3 Å². The van der Waals surface area contributed by atoms with Crippen molar-refractivity contribution in [3.05, 3.63) is 38.7 Å². The van der Waals surface area contributed by atoms with E-state index in [2.05, 4.69) is 31.3 Å². The molecule has 0 spiro atoms. The van der Waals surface area contributed by atoms with Crippen molar-refractivity contribution in [3.63, 3.8) is 0 Å². The fourth-order valence-electron chi connectivity index (χ4n) is 1.67. The molecule has 0 saturated heterocycles. The maximum absolute atomic E-state index is 11.9. The Bertz CT molecular complexity index is 517. The average Bonchev–Trinajstić information content (AvgIpc) is 2.46. The van der Waals surface area contributed by atoms with Gasteiger partial charge in [-0.05, 0) is 23.7 Å². The van der Waals surface area contributed by atoms with Crippen LogP contribution in [0.25, 0.3) is 10.4 Å². The zero-order chi connectivity index (χ0) is 15.0. The molecule has 1 aromatic carbocycles. The first kappa shape index (κ1) is 16.3. The van der Waals surface area contributed by atoms with Crippen LogP contribution in [0.3, 0.4) is 0 Å². The topological polar surface area (TPSA) is 96.3 Å². The van der Waals surface area contributed by atoms with Gasteiger partial charge in [-0.25, -0.2) is 4.79 Å². The van der Waals surface area contributed by atoms with E-state index in [9.17, 15) is 4.79 Å². The van der Waals surface area contributed by atoms with Crippen LogP contribution in [0.4, 0.5) is 0 Å². The van der Waals surface area contributed by atoms with Gasteiger partial charge in [0.25, 0.3) is 0 Å². The summed E-state index contributed by atoms with van der Waals surface area (Å²) in [6.45, 7) is 0.583. The third kappa shape index (κ3) is 4.41. The van der Waals surface area contributed by atoms with Crippen molar-refractivity contribution in [1.29, 1.82) is 0 Å². The first-order chi connectivity index (χ1) is 9.63. The van der Waals surface area contributed by atoms with E-state index in [1.807, 2.05) is 6.07 Å². The molecular weight excluding hydrogens is 328 g/mol. The Morgan fingerprint density at radius 3 is 2.90 bits per heavy atom. The Morgan fingerprint density at radius 1 is 1.55 bits per heavy atom. The first-order valence-corrected chi connectivity index (χ1v) is 6.58. The molecule has 0 amide bonds. The third-order valence-electron chi connectivity index (χ3n) is 2.56. The highest BCUT2D eigenvalue weighted by Crippen LogP contribution is 2.29. The van der Waals surface area contributed by atoms with Gasteiger partial charge in [0.2, 0.25) is 0 Å². The van der Waals surface area contributed by atoms with Crippen molar-refractivity contribution in [2.45, 2.75) is 6.04 Å². The van der Waals surface area contributed by atoms with Gasteiger partial charge in [0.05, 0.1) is 14.2 Å². The van der Waals surface area contributed by atoms with Gasteiger partial charge in [-0.3, -0.25) is 0 Å². The maximum atomic E-state index is 11.9. The number of carbonyl (C=O) groups is 1. The van der Waals surface area contributed by atoms with Crippen LogP contribution < -0.4 is 10.1 Å². The van der Waals surface area contributed by atoms with Crippen LogP contribution in [0.1, 0.15) is 11.6 Å². The first-order valence-electron chi connectivity index (χ1n) is 5.79. The van der Waals surface area contributed by atoms with Crippen molar-refractivity contribution in [2.24, 2.45) is 5.11 Å². The monoisotopic (exact) mass is 342 g/mol. The molecule has 0 heterocycles. The highest BCUT2D eigenvalue weighted by atomic mass is 79.9. The predicted octanol–water partition coefficient (Wildman–Crippen LogP) is 2.57. The number of nitrogens with zero attached hydrogens (tertiary/aromatic N) is 3. The SMILES string of the molecule is COC(=O)C(NCCN=[N+]=[N-])c1cc(Br)ccc1OC. The van der Waals surface area contributed by atoms with Gasteiger partial charge in [0.15, 0.2) is 0 Å². The lowest BCUT2D eigenvalue weighted by atomic mass is 10.1. The van der Waals surface area contributed by atoms with Gasteiger partial charge < -0.3 is 14.8 Å². The summed E-state index contributed by atoms with van der Waals surface area (Å²) in [5, 5.41) is 6.39. The lowest BCUT2D eigenvalue weighted by Gasteiger charge is -2.19. The molecule has 0 aliphatic heterocycles. The van der Waals surface area contributed by atoms with Gasteiger partial charge in [-0.15, -0.1) is 0 Å². The molecule has 0 fully saturated rings. The number of esters is 1.